The zero-order chi connectivity index (χ0) is 11.2. The van der Waals surface area contributed by atoms with E-state index in [0.717, 1.165) is 18.8 Å². The summed E-state index contributed by atoms with van der Waals surface area (Å²) in [5, 5.41) is 3.58. The van der Waals surface area contributed by atoms with Crippen molar-refractivity contribution in [2.75, 3.05) is 13.2 Å². The number of rotatable bonds is 4. The van der Waals surface area contributed by atoms with Crippen molar-refractivity contribution < 1.29 is 4.74 Å². The first-order valence-corrected chi connectivity index (χ1v) is 6.33. The third kappa shape index (κ3) is 3.24. The summed E-state index contributed by atoms with van der Waals surface area (Å²) in [5.74, 6) is 0.996. The Morgan fingerprint density at radius 3 is 3.06 bits per heavy atom. The van der Waals surface area contributed by atoms with Crippen LogP contribution in [-0.2, 0) is 6.42 Å². The second-order valence-electron chi connectivity index (χ2n) is 4.43. The van der Waals surface area contributed by atoms with E-state index in [1.165, 1.54) is 31.4 Å². The van der Waals surface area contributed by atoms with Gasteiger partial charge >= 0.3 is 0 Å². The van der Waals surface area contributed by atoms with Crippen LogP contribution in [0, 0.1) is 0 Å². The van der Waals surface area contributed by atoms with Gasteiger partial charge in [-0.2, -0.15) is 0 Å². The molecule has 1 aromatic rings. The van der Waals surface area contributed by atoms with Crippen LogP contribution in [0.15, 0.2) is 24.3 Å². The standard InChI is InChI=1S/C14H21NO/c1-2-16-14-8-5-6-12(11-14)10-13-7-3-4-9-15-13/h5-6,8,11,13,15H,2-4,7,9-10H2,1H3. The Bertz CT molecular complexity index is 318. The summed E-state index contributed by atoms with van der Waals surface area (Å²) < 4.78 is 5.52. The van der Waals surface area contributed by atoms with Crippen molar-refractivity contribution in [3.8, 4) is 5.75 Å². The molecule has 1 aromatic carbocycles. The van der Waals surface area contributed by atoms with Crippen LogP contribution in [0.2, 0.25) is 0 Å². The van der Waals surface area contributed by atoms with E-state index in [9.17, 15) is 0 Å². The van der Waals surface area contributed by atoms with Gasteiger partial charge in [0.05, 0.1) is 6.61 Å². The molecule has 0 spiro atoms. The number of ether oxygens (including phenoxy) is 1. The molecule has 1 aliphatic heterocycles. The van der Waals surface area contributed by atoms with Gasteiger partial charge in [0.25, 0.3) is 0 Å². The molecule has 0 radical (unpaired) electrons. The first-order chi connectivity index (χ1) is 7.88. The lowest BCUT2D eigenvalue weighted by molar-refractivity contribution is 0.339. The van der Waals surface area contributed by atoms with Gasteiger partial charge in [0, 0.05) is 6.04 Å². The SMILES string of the molecule is CCOc1cccc(CC2CCCCN2)c1. The molecule has 1 unspecified atom stereocenters. The van der Waals surface area contributed by atoms with E-state index < -0.39 is 0 Å². The molecule has 0 amide bonds. The molecule has 2 nitrogen and oxygen atoms in total. The van der Waals surface area contributed by atoms with E-state index in [4.69, 9.17) is 4.74 Å². The van der Waals surface area contributed by atoms with E-state index in [2.05, 4.69) is 23.5 Å². The maximum atomic E-state index is 5.52. The molecule has 1 N–H and O–H groups in total. The Labute approximate surface area is 98.0 Å². The molecule has 16 heavy (non-hydrogen) atoms. The number of piperidine rings is 1. The fourth-order valence-electron chi connectivity index (χ4n) is 2.31. The van der Waals surface area contributed by atoms with Gasteiger partial charge in [0.2, 0.25) is 0 Å². The number of hydrogen-bond donors (Lipinski definition) is 1. The van der Waals surface area contributed by atoms with Crippen molar-refractivity contribution in [1.29, 1.82) is 0 Å². The molecule has 1 fully saturated rings. The van der Waals surface area contributed by atoms with Crippen molar-refractivity contribution in [1.82, 2.24) is 5.32 Å². The van der Waals surface area contributed by atoms with Crippen molar-refractivity contribution in [3.05, 3.63) is 29.8 Å². The van der Waals surface area contributed by atoms with Gasteiger partial charge in [-0.3, -0.25) is 0 Å². The molecule has 0 bridgehead atoms. The van der Waals surface area contributed by atoms with Crippen LogP contribution in [0.1, 0.15) is 31.7 Å². The largest absolute Gasteiger partial charge is 0.494 e. The first-order valence-electron chi connectivity index (χ1n) is 6.33. The van der Waals surface area contributed by atoms with Gasteiger partial charge in [-0.15, -0.1) is 0 Å². The van der Waals surface area contributed by atoms with Crippen LogP contribution < -0.4 is 10.1 Å². The highest BCUT2D eigenvalue weighted by Gasteiger charge is 2.12. The average Bonchev–Trinajstić information content (AvgIpc) is 2.31. The topological polar surface area (TPSA) is 21.3 Å². The van der Waals surface area contributed by atoms with E-state index >= 15 is 0 Å². The summed E-state index contributed by atoms with van der Waals surface area (Å²) in [7, 11) is 0. The van der Waals surface area contributed by atoms with Crippen LogP contribution in [0.3, 0.4) is 0 Å². The molecule has 0 saturated carbocycles. The molecule has 2 heteroatoms. The number of nitrogens with one attached hydrogen (secondary N) is 1. The molecule has 1 saturated heterocycles. The molecule has 0 aromatic heterocycles. The van der Waals surface area contributed by atoms with Crippen LogP contribution in [0.5, 0.6) is 5.75 Å². The second-order valence-corrected chi connectivity index (χ2v) is 4.43. The smallest absolute Gasteiger partial charge is 0.119 e. The average molecular weight is 219 g/mol. The van der Waals surface area contributed by atoms with Crippen LogP contribution in [0.25, 0.3) is 0 Å². The lowest BCUT2D eigenvalue weighted by Gasteiger charge is -2.23. The van der Waals surface area contributed by atoms with Crippen LogP contribution in [0.4, 0.5) is 0 Å². The van der Waals surface area contributed by atoms with Crippen molar-refractivity contribution >= 4 is 0 Å². The molecule has 1 heterocycles. The van der Waals surface area contributed by atoms with Gasteiger partial charge < -0.3 is 10.1 Å². The van der Waals surface area contributed by atoms with E-state index in [1.807, 2.05) is 13.0 Å². The van der Waals surface area contributed by atoms with Crippen LogP contribution >= 0.6 is 0 Å². The fraction of sp³-hybridized carbons (Fsp3) is 0.571. The van der Waals surface area contributed by atoms with Crippen molar-refractivity contribution in [2.45, 2.75) is 38.6 Å². The van der Waals surface area contributed by atoms with Gasteiger partial charge in [0.15, 0.2) is 0 Å². The Morgan fingerprint density at radius 1 is 1.38 bits per heavy atom. The zero-order valence-corrected chi connectivity index (χ0v) is 10.0. The highest BCUT2D eigenvalue weighted by atomic mass is 16.5. The normalized spacial score (nSPS) is 20.7. The Kier molecular flexibility index (Phi) is 4.23. The minimum absolute atomic E-state index is 0.658. The highest BCUT2D eigenvalue weighted by Crippen LogP contribution is 2.17. The summed E-state index contributed by atoms with van der Waals surface area (Å²) in [4.78, 5) is 0. The van der Waals surface area contributed by atoms with Gasteiger partial charge in [-0.25, -0.2) is 0 Å². The van der Waals surface area contributed by atoms with E-state index in [-0.39, 0.29) is 0 Å². The predicted octanol–water partition coefficient (Wildman–Crippen LogP) is 2.77. The first kappa shape index (κ1) is 11.5. The Hall–Kier alpha value is -1.02. The second kappa shape index (κ2) is 5.90. The summed E-state index contributed by atoms with van der Waals surface area (Å²) in [5.41, 5.74) is 1.38. The predicted molar refractivity (Wildman–Crippen MR) is 67.0 cm³/mol. The molecule has 88 valence electrons. The Balaban J connectivity index is 1.94. The molecule has 1 aliphatic rings. The molecular formula is C14H21NO. The summed E-state index contributed by atoms with van der Waals surface area (Å²) in [6, 6.07) is 9.13. The lowest BCUT2D eigenvalue weighted by Crippen LogP contribution is -2.35. The summed E-state index contributed by atoms with van der Waals surface area (Å²) in [6.07, 6.45) is 5.12. The van der Waals surface area contributed by atoms with Gasteiger partial charge in [-0.1, -0.05) is 18.6 Å². The van der Waals surface area contributed by atoms with Crippen LogP contribution in [-0.4, -0.2) is 19.2 Å². The monoisotopic (exact) mass is 219 g/mol. The van der Waals surface area contributed by atoms with Crippen molar-refractivity contribution in [3.63, 3.8) is 0 Å². The summed E-state index contributed by atoms with van der Waals surface area (Å²) in [6.45, 7) is 3.94. The highest BCUT2D eigenvalue weighted by molar-refractivity contribution is 5.29. The van der Waals surface area contributed by atoms with Gasteiger partial charge in [0.1, 0.15) is 5.75 Å². The molecule has 2 rings (SSSR count). The zero-order valence-electron chi connectivity index (χ0n) is 10.0. The van der Waals surface area contributed by atoms with E-state index in [0.29, 0.717) is 6.04 Å². The molecule has 0 aliphatic carbocycles. The quantitative estimate of drug-likeness (QED) is 0.840. The minimum atomic E-state index is 0.658. The lowest BCUT2D eigenvalue weighted by atomic mass is 9.98. The fourth-order valence-corrected chi connectivity index (χ4v) is 2.31. The minimum Gasteiger partial charge on any atom is -0.494 e. The van der Waals surface area contributed by atoms with E-state index in [1.54, 1.807) is 0 Å². The van der Waals surface area contributed by atoms with Crippen molar-refractivity contribution in [2.24, 2.45) is 0 Å². The molecule has 1 atom stereocenters. The maximum Gasteiger partial charge on any atom is 0.119 e. The summed E-state index contributed by atoms with van der Waals surface area (Å²) >= 11 is 0. The maximum absolute atomic E-state index is 5.52. The molecular weight excluding hydrogens is 198 g/mol. The number of hydrogen-bond acceptors (Lipinski definition) is 2. The number of benzene rings is 1. The Morgan fingerprint density at radius 2 is 2.31 bits per heavy atom. The third-order valence-electron chi connectivity index (χ3n) is 3.10. The van der Waals surface area contributed by atoms with Gasteiger partial charge in [-0.05, 0) is 50.4 Å². The third-order valence-corrected chi connectivity index (χ3v) is 3.10.